The molecule has 6 nitrogen and oxygen atoms in total. The van der Waals surface area contributed by atoms with Crippen LogP contribution in [0.4, 0.5) is 5.69 Å². The second-order valence-electron chi connectivity index (χ2n) is 5.89. The van der Waals surface area contributed by atoms with Crippen molar-refractivity contribution in [3.8, 4) is 5.75 Å². The van der Waals surface area contributed by atoms with Crippen LogP contribution in [0.5, 0.6) is 5.75 Å². The number of aromatic nitrogens is 2. The van der Waals surface area contributed by atoms with E-state index in [0.717, 1.165) is 21.3 Å². The zero-order valence-corrected chi connectivity index (χ0v) is 16.0. The Labute approximate surface area is 159 Å². The summed E-state index contributed by atoms with van der Waals surface area (Å²) in [5.74, 6) is 1.14. The van der Waals surface area contributed by atoms with Crippen molar-refractivity contribution in [3.05, 3.63) is 69.8 Å². The van der Waals surface area contributed by atoms with Crippen LogP contribution in [-0.2, 0) is 17.8 Å². The molecule has 0 aliphatic rings. The SMILES string of the molecule is Cc1ccc(C)c(NC(=O)Cc2noc(COc3ccc(Br)cc3)n2)c1. The summed E-state index contributed by atoms with van der Waals surface area (Å²) in [6, 6.07) is 13.3. The lowest BCUT2D eigenvalue weighted by molar-refractivity contribution is -0.115. The highest BCUT2D eigenvalue weighted by Crippen LogP contribution is 2.18. The van der Waals surface area contributed by atoms with Crippen molar-refractivity contribution in [2.45, 2.75) is 26.9 Å². The van der Waals surface area contributed by atoms with E-state index in [2.05, 4.69) is 31.4 Å². The lowest BCUT2D eigenvalue weighted by Crippen LogP contribution is -2.16. The van der Waals surface area contributed by atoms with Gasteiger partial charge in [0.2, 0.25) is 5.91 Å². The first-order valence-corrected chi connectivity index (χ1v) is 8.86. The van der Waals surface area contributed by atoms with Gasteiger partial charge in [0.25, 0.3) is 5.89 Å². The number of nitrogens with one attached hydrogen (secondary N) is 1. The summed E-state index contributed by atoms with van der Waals surface area (Å²) in [5, 5.41) is 6.71. The van der Waals surface area contributed by atoms with E-state index in [1.807, 2.05) is 56.3 Å². The Morgan fingerprint density at radius 2 is 1.96 bits per heavy atom. The van der Waals surface area contributed by atoms with E-state index in [4.69, 9.17) is 9.26 Å². The van der Waals surface area contributed by atoms with Crippen molar-refractivity contribution in [2.75, 3.05) is 5.32 Å². The minimum absolute atomic E-state index is 0.0369. The van der Waals surface area contributed by atoms with E-state index in [-0.39, 0.29) is 18.9 Å². The number of halogens is 1. The Morgan fingerprint density at radius 3 is 2.73 bits per heavy atom. The first-order chi connectivity index (χ1) is 12.5. The molecular weight excluding hydrogens is 398 g/mol. The smallest absolute Gasteiger partial charge is 0.264 e. The van der Waals surface area contributed by atoms with E-state index in [0.29, 0.717) is 17.5 Å². The number of hydrogen-bond acceptors (Lipinski definition) is 5. The molecule has 1 aromatic heterocycles. The molecule has 0 aliphatic heterocycles. The van der Waals surface area contributed by atoms with E-state index in [1.54, 1.807) is 0 Å². The summed E-state index contributed by atoms with van der Waals surface area (Å²) in [6.45, 7) is 4.07. The van der Waals surface area contributed by atoms with Gasteiger partial charge in [0, 0.05) is 10.2 Å². The van der Waals surface area contributed by atoms with Crippen molar-refractivity contribution in [1.82, 2.24) is 10.1 Å². The number of benzene rings is 2. The van der Waals surface area contributed by atoms with Crippen LogP contribution in [0.3, 0.4) is 0 Å². The first-order valence-electron chi connectivity index (χ1n) is 8.06. The van der Waals surface area contributed by atoms with Gasteiger partial charge in [0.05, 0.1) is 6.42 Å². The molecule has 0 unspecified atom stereocenters. The lowest BCUT2D eigenvalue weighted by atomic mass is 10.1. The topological polar surface area (TPSA) is 77.2 Å². The third-order valence-electron chi connectivity index (χ3n) is 3.67. The van der Waals surface area contributed by atoms with Crippen molar-refractivity contribution in [1.29, 1.82) is 0 Å². The molecule has 0 fully saturated rings. The Balaban J connectivity index is 1.55. The molecular formula is C19H18BrN3O3. The van der Waals surface area contributed by atoms with Crippen LogP contribution < -0.4 is 10.1 Å². The number of aryl methyl sites for hydroxylation is 2. The fourth-order valence-electron chi connectivity index (χ4n) is 2.30. The number of amides is 1. The molecule has 26 heavy (non-hydrogen) atoms. The van der Waals surface area contributed by atoms with Gasteiger partial charge in [-0.3, -0.25) is 4.79 Å². The number of nitrogens with zero attached hydrogens (tertiary/aromatic N) is 2. The van der Waals surface area contributed by atoms with E-state index in [9.17, 15) is 4.79 Å². The van der Waals surface area contributed by atoms with Gasteiger partial charge in [-0.1, -0.05) is 33.2 Å². The van der Waals surface area contributed by atoms with Crippen LogP contribution in [0.25, 0.3) is 0 Å². The van der Waals surface area contributed by atoms with Gasteiger partial charge >= 0.3 is 0 Å². The minimum atomic E-state index is -0.195. The molecule has 134 valence electrons. The number of anilines is 1. The number of carbonyl (C=O) groups excluding carboxylic acids is 1. The number of hydrogen-bond donors (Lipinski definition) is 1. The zero-order chi connectivity index (χ0) is 18.5. The fourth-order valence-corrected chi connectivity index (χ4v) is 2.57. The van der Waals surface area contributed by atoms with Crippen LogP contribution in [0.15, 0.2) is 51.5 Å². The predicted molar refractivity (Wildman–Crippen MR) is 101 cm³/mol. The van der Waals surface area contributed by atoms with E-state index < -0.39 is 0 Å². The first kappa shape index (κ1) is 18.1. The monoisotopic (exact) mass is 415 g/mol. The van der Waals surface area contributed by atoms with Crippen LogP contribution in [-0.4, -0.2) is 16.0 Å². The van der Waals surface area contributed by atoms with Gasteiger partial charge in [-0.25, -0.2) is 0 Å². The summed E-state index contributed by atoms with van der Waals surface area (Å²) < 4.78 is 11.7. The van der Waals surface area contributed by atoms with Gasteiger partial charge in [-0.05, 0) is 55.3 Å². The normalized spacial score (nSPS) is 10.6. The summed E-state index contributed by atoms with van der Waals surface area (Å²) in [7, 11) is 0. The maximum Gasteiger partial charge on any atom is 0.264 e. The van der Waals surface area contributed by atoms with Crippen molar-refractivity contribution < 1.29 is 14.1 Å². The standard InChI is InChI=1S/C19H18BrN3O3/c1-12-3-4-13(2)16(9-12)21-18(24)10-17-22-19(26-23-17)11-25-15-7-5-14(20)6-8-15/h3-9H,10-11H2,1-2H3,(H,21,24). The van der Waals surface area contributed by atoms with E-state index >= 15 is 0 Å². The molecule has 1 heterocycles. The van der Waals surface area contributed by atoms with Crippen LogP contribution >= 0.6 is 15.9 Å². The largest absolute Gasteiger partial charge is 0.484 e. The summed E-state index contributed by atoms with van der Waals surface area (Å²) >= 11 is 3.37. The number of carbonyl (C=O) groups is 1. The quantitative estimate of drug-likeness (QED) is 0.652. The lowest BCUT2D eigenvalue weighted by Gasteiger charge is -2.08. The maximum atomic E-state index is 12.2. The van der Waals surface area contributed by atoms with E-state index in [1.165, 1.54) is 0 Å². The third-order valence-corrected chi connectivity index (χ3v) is 4.20. The highest BCUT2D eigenvalue weighted by atomic mass is 79.9. The zero-order valence-electron chi connectivity index (χ0n) is 14.5. The molecule has 0 radical (unpaired) electrons. The second kappa shape index (κ2) is 8.14. The average molecular weight is 416 g/mol. The van der Waals surface area contributed by atoms with Gasteiger partial charge in [0.1, 0.15) is 5.75 Å². The molecule has 1 N–H and O–H groups in total. The molecule has 7 heteroatoms. The molecule has 0 spiro atoms. The second-order valence-corrected chi connectivity index (χ2v) is 6.81. The number of ether oxygens (including phenoxy) is 1. The van der Waals surface area contributed by atoms with Crippen LogP contribution in [0.2, 0.25) is 0 Å². The number of rotatable bonds is 6. The minimum Gasteiger partial charge on any atom is -0.484 e. The Hall–Kier alpha value is -2.67. The molecule has 0 saturated heterocycles. The van der Waals surface area contributed by atoms with Crippen molar-refractivity contribution in [3.63, 3.8) is 0 Å². The highest BCUT2D eigenvalue weighted by Gasteiger charge is 2.12. The van der Waals surface area contributed by atoms with Gasteiger partial charge in [0.15, 0.2) is 12.4 Å². The summed E-state index contributed by atoms with van der Waals surface area (Å²) in [5.41, 5.74) is 2.87. The van der Waals surface area contributed by atoms with Crippen molar-refractivity contribution in [2.24, 2.45) is 0 Å². The molecule has 1 amide bonds. The summed E-state index contributed by atoms with van der Waals surface area (Å²) in [6.07, 6.45) is 0.0369. The Morgan fingerprint density at radius 1 is 1.19 bits per heavy atom. The molecule has 2 aromatic carbocycles. The Kier molecular flexibility index (Phi) is 5.68. The van der Waals surface area contributed by atoms with Gasteiger partial charge in [-0.15, -0.1) is 0 Å². The molecule has 0 atom stereocenters. The predicted octanol–water partition coefficient (Wildman–Crippen LogP) is 4.21. The maximum absolute atomic E-state index is 12.2. The molecule has 0 aliphatic carbocycles. The van der Waals surface area contributed by atoms with Gasteiger partial charge in [-0.2, -0.15) is 4.98 Å². The Bertz CT molecular complexity index is 907. The third kappa shape index (κ3) is 4.92. The van der Waals surface area contributed by atoms with Crippen LogP contribution in [0, 0.1) is 13.8 Å². The highest BCUT2D eigenvalue weighted by molar-refractivity contribution is 9.10. The molecule has 0 bridgehead atoms. The average Bonchev–Trinajstić information content (AvgIpc) is 3.05. The van der Waals surface area contributed by atoms with Gasteiger partial charge < -0.3 is 14.6 Å². The van der Waals surface area contributed by atoms with Crippen LogP contribution in [0.1, 0.15) is 22.8 Å². The summed E-state index contributed by atoms with van der Waals surface area (Å²) in [4.78, 5) is 16.4. The molecule has 3 rings (SSSR count). The van der Waals surface area contributed by atoms with Crippen molar-refractivity contribution >= 4 is 27.5 Å². The fraction of sp³-hybridized carbons (Fsp3) is 0.211. The molecule has 0 saturated carbocycles. The molecule has 3 aromatic rings.